The van der Waals surface area contributed by atoms with Gasteiger partial charge in [0, 0.05) is 33.3 Å². The summed E-state index contributed by atoms with van der Waals surface area (Å²) in [6, 6.07) is -3.99. The van der Waals surface area contributed by atoms with Gasteiger partial charge < -0.3 is 47.1 Å². The fraction of sp³-hybridized carbons (Fsp3) is 0.872. The average molecular weight is 765 g/mol. The lowest BCUT2D eigenvalue weighted by Crippen LogP contribution is -2.62. The van der Waals surface area contributed by atoms with Crippen molar-refractivity contribution in [2.24, 2.45) is 23.3 Å². The summed E-state index contributed by atoms with van der Waals surface area (Å²) in [5, 5.41) is 11.7. The molecule has 0 radical (unpaired) electrons. The molecule has 310 valence electrons. The van der Waals surface area contributed by atoms with Gasteiger partial charge in [-0.1, -0.05) is 78.6 Å². The number of fused-ring (bicyclic) bond motifs is 3. The third-order valence-corrected chi connectivity index (χ3v) is 11.3. The molecule has 1 saturated carbocycles. The van der Waals surface area contributed by atoms with Crippen molar-refractivity contribution in [1.82, 2.24) is 31.1 Å². The predicted molar refractivity (Wildman–Crippen MR) is 208 cm³/mol. The summed E-state index contributed by atoms with van der Waals surface area (Å²) in [6.07, 6.45) is 11.3. The van der Waals surface area contributed by atoms with Crippen LogP contribution in [-0.4, -0.2) is 129 Å². The van der Waals surface area contributed by atoms with Crippen LogP contribution in [0.15, 0.2) is 0 Å². The molecule has 5 amide bonds. The lowest BCUT2D eigenvalue weighted by Gasteiger charge is -2.37. The molecule has 2 saturated heterocycles. The first-order valence-corrected chi connectivity index (χ1v) is 20.9. The fourth-order valence-corrected chi connectivity index (χ4v) is 7.90. The molecular formula is C39H72N8O7. The summed E-state index contributed by atoms with van der Waals surface area (Å²) in [4.78, 5) is 74.0. The summed E-state index contributed by atoms with van der Waals surface area (Å²) in [7, 11) is 1.66. The molecule has 15 heteroatoms. The van der Waals surface area contributed by atoms with E-state index in [1.54, 1.807) is 7.05 Å². The minimum atomic E-state index is -1.17. The van der Waals surface area contributed by atoms with Gasteiger partial charge in [-0.05, 0) is 51.0 Å². The first-order valence-electron chi connectivity index (χ1n) is 20.9. The molecule has 0 unspecified atom stereocenters. The molecule has 54 heavy (non-hydrogen) atoms. The van der Waals surface area contributed by atoms with Crippen LogP contribution in [0.2, 0.25) is 0 Å². The van der Waals surface area contributed by atoms with Crippen LogP contribution < -0.4 is 32.7 Å². The molecule has 0 aromatic heterocycles. The minimum Gasteiger partial charge on any atom is -0.379 e. The molecule has 0 aromatic carbocycles. The van der Waals surface area contributed by atoms with E-state index in [1.165, 1.54) is 4.90 Å². The van der Waals surface area contributed by atoms with Gasteiger partial charge in [-0.25, -0.2) is 0 Å². The Hall–Kier alpha value is -2.85. The Morgan fingerprint density at radius 3 is 2.17 bits per heavy atom. The summed E-state index contributed by atoms with van der Waals surface area (Å²) < 4.78 is 12.5. The molecule has 2 heterocycles. The van der Waals surface area contributed by atoms with E-state index in [4.69, 9.17) is 20.9 Å². The topological polar surface area (TPSA) is 210 Å². The number of likely N-dealkylation sites (N-methyl/N-ethyl adjacent to an activating group) is 1. The highest BCUT2D eigenvalue weighted by molar-refractivity contribution is 5.96. The molecule has 3 aliphatic rings. The highest BCUT2D eigenvalue weighted by atomic mass is 16.5. The Bertz CT molecular complexity index is 1170. The van der Waals surface area contributed by atoms with Crippen molar-refractivity contribution in [3.05, 3.63) is 0 Å². The molecule has 1 aliphatic carbocycles. The highest BCUT2D eigenvalue weighted by Crippen LogP contribution is 2.27. The Balaban J connectivity index is 2.08. The Labute approximate surface area is 323 Å². The number of nitrogens with zero attached hydrogens (tertiary/aromatic N) is 2. The number of hydrogen-bond acceptors (Lipinski definition) is 10. The standard InChI is InChI=1S/C39H72N8O7/c1-5-7-8-13-19-32-27(3)39(52)46(4)31(16-6-2)37(50)45-34(28-17-11-9-10-12-18-28)38(51)42-29(24-41)35(48)43-30-25-53-23-15-22-47(21-14-20-40)33(26-54-32)44-36(30)49/h27-34H,5-26,40-41H2,1-4H3,(H,42,51)(H,43,48)(H,44,49)(H,45,50)/t27-,29+,30+,31+,32-,33-,34+/m1/s1. The summed E-state index contributed by atoms with van der Waals surface area (Å²) >= 11 is 0. The summed E-state index contributed by atoms with van der Waals surface area (Å²) in [6.45, 7) is 7.79. The molecular weight excluding hydrogens is 692 g/mol. The van der Waals surface area contributed by atoms with Gasteiger partial charge in [0.25, 0.3) is 0 Å². The zero-order valence-electron chi connectivity index (χ0n) is 33.6. The number of unbranched alkanes of at least 4 members (excludes halogenated alkanes) is 3. The summed E-state index contributed by atoms with van der Waals surface area (Å²) in [5.74, 6) is -2.99. The number of hydrogen-bond donors (Lipinski definition) is 6. The van der Waals surface area contributed by atoms with Gasteiger partial charge in [-0.3, -0.25) is 28.9 Å². The van der Waals surface area contributed by atoms with E-state index in [-0.39, 0.29) is 31.6 Å². The third kappa shape index (κ3) is 14.0. The SMILES string of the molecule is CCCCCC[C@H]1OC[C@@H]2NC(=O)[C@H](COCCCN2CCCN)NC(=O)[C@H](CN)NC(=O)[C@H](C2CCCCCC2)NC(=O)[C@H](CCC)N(C)C(=O)[C@@H]1C. The fourth-order valence-electron chi connectivity index (χ4n) is 7.90. The van der Waals surface area contributed by atoms with E-state index in [1.807, 2.05) is 13.8 Å². The van der Waals surface area contributed by atoms with Crippen molar-refractivity contribution in [3.8, 4) is 0 Å². The lowest BCUT2D eigenvalue weighted by molar-refractivity contribution is -0.148. The van der Waals surface area contributed by atoms with Gasteiger partial charge in [0.05, 0.1) is 25.2 Å². The van der Waals surface area contributed by atoms with E-state index in [0.717, 1.165) is 64.2 Å². The van der Waals surface area contributed by atoms with Crippen LogP contribution in [0.3, 0.4) is 0 Å². The number of amides is 5. The Kier molecular flexibility index (Phi) is 20.8. The zero-order chi connectivity index (χ0) is 39.5. The van der Waals surface area contributed by atoms with Crippen LogP contribution in [0.4, 0.5) is 0 Å². The lowest BCUT2D eigenvalue weighted by atomic mass is 9.90. The molecule has 8 N–H and O–H groups in total. The van der Waals surface area contributed by atoms with Crippen LogP contribution in [0.1, 0.15) is 117 Å². The van der Waals surface area contributed by atoms with E-state index in [9.17, 15) is 24.0 Å². The van der Waals surface area contributed by atoms with Crippen LogP contribution in [-0.2, 0) is 33.4 Å². The maximum Gasteiger partial charge on any atom is 0.246 e. The Morgan fingerprint density at radius 2 is 1.50 bits per heavy atom. The van der Waals surface area contributed by atoms with E-state index >= 15 is 0 Å². The molecule has 3 fully saturated rings. The molecule has 2 aliphatic heterocycles. The predicted octanol–water partition coefficient (Wildman–Crippen LogP) is 1.52. The van der Waals surface area contributed by atoms with Crippen molar-refractivity contribution in [1.29, 1.82) is 0 Å². The molecule has 15 nitrogen and oxygen atoms in total. The second-order valence-corrected chi connectivity index (χ2v) is 15.5. The largest absolute Gasteiger partial charge is 0.379 e. The maximum absolute atomic E-state index is 14.3. The minimum absolute atomic E-state index is 0.0727. The first-order chi connectivity index (χ1) is 26.1. The van der Waals surface area contributed by atoms with Gasteiger partial charge in [0.2, 0.25) is 29.5 Å². The normalized spacial score (nSPS) is 29.9. The summed E-state index contributed by atoms with van der Waals surface area (Å²) in [5.41, 5.74) is 12.0. The van der Waals surface area contributed by atoms with Gasteiger partial charge in [-0.2, -0.15) is 0 Å². The van der Waals surface area contributed by atoms with Gasteiger partial charge >= 0.3 is 0 Å². The molecule has 3 rings (SSSR count). The van der Waals surface area contributed by atoms with Crippen LogP contribution in [0.25, 0.3) is 0 Å². The zero-order valence-corrected chi connectivity index (χ0v) is 33.6. The second kappa shape index (κ2) is 24.6. The number of nitrogens with one attached hydrogen (secondary N) is 4. The first kappa shape index (κ1) is 45.5. The van der Waals surface area contributed by atoms with Crippen molar-refractivity contribution < 1.29 is 33.4 Å². The maximum atomic E-state index is 14.3. The Morgan fingerprint density at radius 1 is 0.759 bits per heavy atom. The monoisotopic (exact) mass is 765 g/mol. The molecule has 7 atom stereocenters. The van der Waals surface area contributed by atoms with Crippen molar-refractivity contribution in [3.63, 3.8) is 0 Å². The molecule has 2 bridgehead atoms. The number of rotatable bonds is 12. The molecule has 0 aromatic rings. The van der Waals surface area contributed by atoms with Crippen molar-refractivity contribution in [2.45, 2.75) is 154 Å². The number of carbonyl (C=O) groups is 5. The van der Waals surface area contributed by atoms with E-state index in [2.05, 4.69) is 33.1 Å². The van der Waals surface area contributed by atoms with Gasteiger partial charge in [-0.15, -0.1) is 0 Å². The highest BCUT2D eigenvalue weighted by Gasteiger charge is 2.39. The third-order valence-electron chi connectivity index (χ3n) is 11.3. The number of carbonyl (C=O) groups excluding carboxylic acids is 5. The second-order valence-electron chi connectivity index (χ2n) is 15.5. The van der Waals surface area contributed by atoms with Gasteiger partial charge in [0.1, 0.15) is 30.3 Å². The smallest absolute Gasteiger partial charge is 0.246 e. The van der Waals surface area contributed by atoms with Crippen LogP contribution in [0, 0.1) is 11.8 Å². The van der Waals surface area contributed by atoms with Crippen molar-refractivity contribution >= 4 is 29.5 Å². The van der Waals surface area contributed by atoms with Crippen LogP contribution in [0.5, 0.6) is 0 Å². The molecule has 0 spiro atoms. The van der Waals surface area contributed by atoms with E-state index < -0.39 is 66.0 Å². The van der Waals surface area contributed by atoms with E-state index in [0.29, 0.717) is 58.3 Å². The number of nitrogens with two attached hydrogens (primary N) is 2. The van der Waals surface area contributed by atoms with Crippen LogP contribution >= 0.6 is 0 Å². The quantitative estimate of drug-likeness (QED) is 0.125. The van der Waals surface area contributed by atoms with Crippen molar-refractivity contribution in [2.75, 3.05) is 53.0 Å². The average Bonchev–Trinajstić information content (AvgIpc) is 3.45. The number of ether oxygens (including phenoxy) is 2. The van der Waals surface area contributed by atoms with Gasteiger partial charge in [0.15, 0.2) is 0 Å².